The van der Waals surface area contributed by atoms with E-state index in [1.807, 2.05) is 6.07 Å². The van der Waals surface area contributed by atoms with Crippen molar-refractivity contribution in [2.75, 3.05) is 12.4 Å². The average molecular weight is 353 g/mol. The number of esters is 1. The minimum atomic E-state index is -1.09. The van der Waals surface area contributed by atoms with E-state index in [0.29, 0.717) is 25.1 Å². The molecule has 1 fully saturated rings. The summed E-state index contributed by atoms with van der Waals surface area (Å²) in [6.07, 6.45) is 4.25. The summed E-state index contributed by atoms with van der Waals surface area (Å²) in [7, 11) is 1.27. The molecule has 1 aliphatic carbocycles. The zero-order valence-corrected chi connectivity index (χ0v) is 14.3. The molecular formula is C19H19N3O4. The Balaban J connectivity index is 1.68. The summed E-state index contributed by atoms with van der Waals surface area (Å²) in [6, 6.07) is 10.2. The molecule has 1 aromatic heterocycles. The number of rotatable bonds is 6. The number of methoxy groups -OCH3 is 1. The molecule has 0 unspecified atom stereocenters. The number of para-hydroxylation sites is 1. The lowest BCUT2D eigenvalue weighted by Crippen LogP contribution is -2.39. The molecule has 2 N–H and O–H groups in total. The molecule has 1 aliphatic rings. The fourth-order valence-electron chi connectivity index (χ4n) is 2.66. The molecule has 7 heteroatoms. The summed E-state index contributed by atoms with van der Waals surface area (Å²) in [5, 5.41) is 5.48. The van der Waals surface area contributed by atoms with Gasteiger partial charge in [-0.05, 0) is 36.6 Å². The number of carbonyl (C=O) groups excluding carboxylic acids is 3. The van der Waals surface area contributed by atoms with E-state index in [9.17, 15) is 14.4 Å². The maximum atomic E-state index is 12.7. The maximum Gasteiger partial charge on any atom is 0.339 e. The Labute approximate surface area is 150 Å². The fourth-order valence-corrected chi connectivity index (χ4v) is 2.66. The van der Waals surface area contributed by atoms with Crippen molar-refractivity contribution in [2.24, 2.45) is 5.41 Å². The Hall–Kier alpha value is -3.22. The second-order valence-corrected chi connectivity index (χ2v) is 6.12. The third-order valence-corrected chi connectivity index (χ3v) is 4.38. The van der Waals surface area contributed by atoms with Crippen LogP contribution in [0.4, 0.5) is 5.69 Å². The molecule has 1 saturated carbocycles. The van der Waals surface area contributed by atoms with Gasteiger partial charge in [-0.15, -0.1) is 0 Å². The van der Waals surface area contributed by atoms with Crippen molar-refractivity contribution < 1.29 is 19.1 Å². The quantitative estimate of drug-likeness (QED) is 0.611. The fraction of sp³-hybridized carbons (Fsp3) is 0.263. The predicted molar refractivity (Wildman–Crippen MR) is 94.2 cm³/mol. The lowest BCUT2D eigenvalue weighted by Gasteiger charge is -2.16. The van der Waals surface area contributed by atoms with Gasteiger partial charge in [0.05, 0.1) is 18.4 Å². The van der Waals surface area contributed by atoms with Crippen LogP contribution in [0.3, 0.4) is 0 Å². The van der Waals surface area contributed by atoms with Gasteiger partial charge in [0.15, 0.2) is 0 Å². The molecule has 26 heavy (non-hydrogen) atoms. The number of nitrogens with zero attached hydrogens (tertiary/aromatic N) is 1. The molecule has 134 valence electrons. The first kappa shape index (κ1) is 17.6. The van der Waals surface area contributed by atoms with Crippen molar-refractivity contribution in [3.8, 4) is 0 Å². The van der Waals surface area contributed by atoms with E-state index in [1.54, 1.807) is 42.7 Å². The Morgan fingerprint density at radius 1 is 1.12 bits per heavy atom. The zero-order valence-electron chi connectivity index (χ0n) is 14.3. The van der Waals surface area contributed by atoms with Gasteiger partial charge in [0.1, 0.15) is 5.41 Å². The van der Waals surface area contributed by atoms with Gasteiger partial charge < -0.3 is 15.4 Å². The van der Waals surface area contributed by atoms with Crippen LogP contribution in [0.5, 0.6) is 0 Å². The predicted octanol–water partition coefficient (Wildman–Crippen LogP) is 1.90. The van der Waals surface area contributed by atoms with E-state index < -0.39 is 17.3 Å². The molecule has 3 rings (SSSR count). The number of anilines is 1. The normalized spacial score (nSPS) is 14.2. The third-order valence-electron chi connectivity index (χ3n) is 4.38. The van der Waals surface area contributed by atoms with Crippen molar-refractivity contribution in [3.05, 3.63) is 59.9 Å². The SMILES string of the molecule is COC(=O)c1ccccc1NC(=O)C1(C(=O)NCc2cccnc2)CC1. The van der Waals surface area contributed by atoms with E-state index in [2.05, 4.69) is 15.6 Å². The summed E-state index contributed by atoms with van der Waals surface area (Å²) < 4.78 is 4.72. The molecule has 1 heterocycles. The average Bonchev–Trinajstić information content (AvgIpc) is 3.49. The molecule has 0 saturated heterocycles. The monoisotopic (exact) mass is 353 g/mol. The smallest absolute Gasteiger partial charge is 0.339 e. The van der Waals surface area contributed by atoms with Gasteiger partial charge in [0.2, 0.25) is 11.8 Å². The Kier molecular flexibility index (Phi) is 4.97. The second kappa shape index (κ2) is 7.35. The molecule has 0 radical (unpaired) electrons. The third kappa shape index (κ3) is 3.56. The number of aromatic nitrogens is 1. The van der Waals surface area contributed by atoms with Gasteiger partial charge in [-0.2, -0.15) is 0 Å². The zero-order chi connectivity index (χ0) is 18.6. The van der Waals surface area contributed by atoms with Gasteiger partial charge in [0, 0.05) is 18.9 Å². The number of hydrogen-bond acceptors (Lipinski definition) is 5. The van der Waals surface area contributed by atoms with Crippen LogP contribution in [-0.2, 0) is 20.9 Å². The van der Waals surface area contributed by atoms with Crippen LogP contribution in [0, 0.1) is 5.41 Å². The van der Waals surface area contributed by atoms with Crippen molar-refractivity contribution in [1.82, 2.24) is 10.3 Å². The number of benzene rings is 1. The Bertz CT molecular complexity index is 832. The van der Waals surface area contributed by atoms with E-state index in [1.165, 1.54) is 7.11 Å². The number of amides is 2. The van der Waals surface area contributed by atoms with E-state index >= 15 is 0 Å². The molecule has 7 nitrogen and oxygen atoms in total. The summed E-state index contributed by atoms with van der Waals surface area (Å²) in [6.45, 7) is 0.306. The minimum Gasteiger partial charge on any atom is -0.465 e. The first-order valence-electron chi connectivity index (χ1n) is 8.23. The van der Waals surface area contributed by atoms with Crippen LogP contribution in [0.2, 0.25) is 0 Å². The standard InChI is InChI=1S/C19H19N3O4/c1-26-16(23)14-6-2-3-7-15(14)22-18(25)19(8-9-19)17(24)21-12-13-5-4-10-20-11-13/h2-7,10-11H,8-9,12H2,1H3,(H,21,24)(H,22,25). The first-order chi connectivity index (χ1) is 12.6. The van der Waals surface area contributed by atoms with Crippen LogP contribution in [-0.4, -0.2) is 29.9 Å². The molecule has 0 atom stereocenters. The highest BCUT2D eigenvalue weighted by Crippen LogP contribution is 2.47. The molecule has 1 aromatic carbocycles. The Morgan fingerprint density at radius 3 is 2.54 bits per heavy atom. The summed E-state index contributed by atoms with van der Waals surface area (Å²) >= 11 is 0. The van der Waals surface area contributed by atoms with Crippen LogP contribution in [0.1, 0.15) is 28.8 Å². The van der Waals surface area contributed by atoms with Crippen LogP contribution < -0.4 is 10.6 Å². The molecule has 0 aliphatic heterocycles. The van der Waals surface area contributed by atoms with E-state index in [0.717, 1.165) is 5.56 Å². The largest absolute Gasteiger partial charge is 0.465 e. The summed E-state index contributed by atoms with van der Waals surface area (Å²) in [5.74, 6) is -1.29. The number of nitrogens with one attached hydrogen (secondary N) is 2. The highest BCUT2D eigenvalue weighted by atomic mass is 16.5. The molecular weight excluding hydrogens is 334 g/mol. The van der Waals surface area contributed by atoms with Gasteiger partial charge >= 0.3 is 5.97 Å². The molecule has 0 spiro atoms. The van der Waals surface area contributed by atoms with E-state index in [4.69, 9.17) is 4.74 Å². The van der Waals surface area contributed by atoms with Crippen molar-refractivity contribution in [3.63, 3.8) is 0 Å². The summed E-state index contributed by atoms with van der Waals surface area (Å²) in [4.78, 5) is 41.0. The van der Waals surface area contributed by atoms with E-state index in [-0.39, 0.29) is 11.5 Å². The highest BCUT2D eigenvalue weighted by Gasteiger charge is 2.56. The Morgan fingerprint density at radius 2 is 1.88 bits per heavy atom. The van der Waals surface area contributed by atoms with Gasteiger partial charge in [-0.3, -0.25) is 14.6 Å². The lowest BCUT2D eigenvalue weighted by molar-refractivity contribution is -0.134. The maximum absolute atomic E-state index is 12.7. The van der Waals surface area contributed by atoms with Crippen molar-refractivity contribution in [1.29, 1.82) is 0 Å². The number of carbonyl (C=O) groups is 3. The number of pyridine rings is 1. The minimum absolute atomic E-state index is 0.245. The van der Waals surface area contributed by atoms with Gasteiger partial charge in [-0.1, -0.05) is 18.2 Å². The number of ether oxygens (including phenoxy) is 1. The van der Waals surface area contributed by atoms with Crippen LogP contribution >= 0.6 is 0 Å². The van der Waals surface area contributed by atoms with Gasteiger partial charge in [-0.25, -0.2) is 4.79 Å². The van der Waals surface area contributed by atoms with Gasteiger partial charge in [0.25, 0.3) is 0 Å². The molecule has 2 aromatic rings. The number of hydrogen-bond donors (Lipinski definition) is 2. The summed E-state index contributed by atoms with van der Waals surface area (Å²) in [5.41, 5.74) is 0.338. The molecule has 0 bridgehead atoms. The van der Waals surface area contributed by atoms with Crippen LogP contribution in [0.25, 0.3) is 0 Å². The lowest BCUT2D eigenvalue weighted by atomic mass is 10.0. The molecule has 2 amide bonds. The van der Waals surface area contributed by atoms with Crippen LogP contribution in [0.15, 0.2) is 48.8 Å². The topological polar surface area (TPSA) is 97.4 Å². The highest BCUT2D eigenvalue weighted by molar-refractivity contribution is 6.14. The van der Waals surface area contributed by atoms with Crippen molar-refractivity contribution >= 4 is 23.5 Å². The van der Waals surface area contributed by atoms with Crippen molar-refractivity contribution in [2.45, 2.75) is 19.4 Å². The first-order valence-corrected chi connectivity index (χ1v) is 8.23. The second-order valence-electron chi connectivity index (χ2n) is 6.12.